The minimum absolute atomic E-state index is 0. The van der Waals surface area contributed by atoms with Crippen molar-refractivity contribution in [3.05, 3.63) is 29.8 Å². The molecular weight excluding hydrogens is 321 g/mol. The highest BCUT2D eigenvalue weighted by molar-refractivity contribution is 5.94. The number of halogens is 4. The van der Waals surface area contributed by atoms with Crippen LogP contribution in [-0.4, -0.2) is 43.3 Å². The second-order valence-corrected chi connectivity index (χ2v) is 4.95. The number of piperidine rings is 1. The van der Waals surface area contributed by atoms with Crippen LogP contribution in [0.4, 0.5) is 13.2 Å². The van der Waals surface area contributed by atoms with Gasteiger partial charge in [-0.1, -0.05) is 6.07 Å². The number of likely N-dealkylation sites (N-methyl/N-ethyl adjacent to an activating group) is 1. The monoisotopic (exact) mass is 338 g/mol. The summed E-state index contributed by atoms with van der Waals surface area (Å²) in [5, 5.41) is 3.12. The van der Waals surface area contributed by atoms with E-state index >= 15 is 0 Å². The molecule has 1 amide bonds. The van der Waals surface area contributed by atoms with Gasteiger partial charge in [-0.2, -0.15) is 0 Å². The van der Waals surface area contributed by atoms with E-state index < -0.39 is 6.36 Å². The number of ether oxygens (including phenoxy) is 1. The van der Waals surface area contributed by atoms with E-state index in [4.69, 9.17) is 0 Å². The summed E-state index contributed by atoms with van der Waals surface area (Å²) in [5.74, 6) is -0.655. The molecule has 22 heavy (non-hydrogen) atoms. The van der Waals surface area contributed by atoms with Crippen molar-refractivity contribution in [3.8, 4) is 5.75 Å². The Kier molecular flexibility index (Phi) is 6.49. The number of carbonyl (C=O) groups is 1. The Morgan fingerprint density at radius 3 is 2.77 bits per heavy atom. The van der Waals surface area contributed by atoms with Crippen molar-refractivity contribution in [2.24, 2.45) is 0 Å². The number of rotatable bonds is 3. The zero-order valence-corrected chi connectivity index (χ0v) is 12.8. The molecule has 1 atom stereocenters. The summed E-state index contributed by atoms with van der Waals surface area (Å²) in [7, 11) is 1.83. The molecule has 0 spiro atoms. The maximum absolute atomic E-state index is 12.3. The van der Waals surface area contributed by atoms with Crippen molar-refractivity contribution in [2.75, 3.05) is 20.1 Å². The van der Waals surface area contributed by atoms with Crippen molar-refractivity contribution >= 4 is 18.3 Å². The Labute approximate surface area is 133 Å². The van der Waals surface area contributed by atoms with Crippen LogP contribution < -0.4 is 10.1 Å². The first-order valence-corrected chi connectivity index (χ1v) is 6.71. The van der Waals surface area contributed by atoms with E-state index in [1.807, 2.05) is 7.05 Å². The SMILES string of the molecule is CN[C@@H]1CCCN(C(=O)c2cccc(OC(F)(F)F)c2)C1.Cl. The molecule has 124 valence electrons. The summed E-state index contributed by atoms with van der Waals surface area (Å²) < 4.78 is 40.4. The van der Waals surface area contributed by atoms with Gasteiger partial charge in [-0.25, -0.2) is 0 Å². The number of hydrogen-bond donors (Lipinski definition) is 1. The van der Waals surface area contributed by atoms with E-state index in [-0.39, 0.29) is 35.7 Å². The number of nitrogens with zero attached hydrogens (tertiary/aromatic N) is 1. The van der Waals surface area contributed by atoms with E-state index in [2.05, 4.69) is 10.1 Å². The standard InChI is InChI=1S/C14H17F3N2O2.ClH/c1-18-11-5-3-7-19(9-11)13(20)10-4-2-6-12(8-10)21-14(15,16)17;/h2,4,6,8,11,18H,3,5,7,9H2,1H3;1H/t11-;/m1./s1. The fraction of sp³-hybridized carbons (Fsp3) is 0.500. The van der Waals surface area contributed by atoms with Crippen LogP contribution in [0.1, 0.15) is 23.2 Å². The van der Waals surface area contributed by atoms with E-state index in [0.29, 0.717) is 13.1 Å². The highest BCUT2D eigenvalue weighted by Gasteiger charge is 2.31. The minimum Gasteiger partial charge on any atom is -0.406 e. The van der Waals surface area contributed by atoms with Gasteiger partial charge in [0.25, 0.3) is 5.91 Å². The average molecular weight is 339 g/mol. The normalized spacial score (nSPS) is 18.5. The van der Waals surface area contributed by atoms with Crippen LogP contribution in [-0.2, 0) is 0 Å². The van der Waals surface area contributed by atoms with Gasteiger partial charge in [-0.3, -0.25) is 4.79 Å². The van der Waals surface area contributed by atoms with Crippen LogP contribution in [0.5, 0.6) is 5.75 Å². The molecule has 1 N–H and O–H groups in total. The molecule has 1 aliphatic heterocycles. The Bertz CT molecular complexity index is 511. The smallest absolute Gasteiger partial charge is 0.406 e. The van der Waals surface area contributed by atoms with Crippen LogP contribution in [0.2, 0.25) is 0 Å². The van der Waals surface area contributed by atoms with Gasteiger partial charge in [0.15, 0.2) is 0 Å². The van der Waals surface area contributed by atoms with E-state index in [0.717, 1.165) is 18.9 Å². The predicted molar refractivity (Wildman–Crippen MR) is 78.4 cm³/mol. The van der Waals surface area contributed by atoms with Crippen LogP contribution in [0, 0.1) is 0 Å². The lowest BCUT2D eigenvalue weighted by atomic mass is 10.0. The topological polar surface area (TPSA) is 41.6 Å². The van der Waals surface area contributed by atoms with Gasteiger partial charge < -0.3 is 15.0 Å². The lowest BCUT2D eigenvalue weighted by Gasteiger charge is -2.32. The van der Waals surface area contributed by atoms with Gasteiger partial charge in [0, 0.05) is 24.7 Å². The van der Waals surface area contributed by atoms with Crippen molar-refractivity contribution in [2.45, 2.75) is 25.2 Å². The van der Waals surface area contributed by atoms with Gasteiger partial charge >= 0.3 is 6.36 Å². The summed E-state index contributed by atoms with van der Waals surface area (Å²) in [5.41, 5.74) is 0.202. The molecule has 1 aromatic carbocycles. The van der Waals surface area contributed by atoms with Crippen molar-refractivity contribution < 1.29 is 22.7 Å². The second-order valence-electron chi connectivity index (χ2n) is 4.95. The molecule has 1 fully saturated rings. The molecule has 1 heterocycles. The predicted octanol–water partition coefficient (Wildman–Crippen LogP) is 2.83. The lowest BCUT2D eigenvalue weighted by molar-refractivity contribution is -0.274. The molecule has 0 radical (unpaired) electrons. The highest BCUT2D eigenvalue weighted by atomic mass is 35.5. The van der Waals surface area contributed by atoms with Gasteiger partial charge in [-0.05, 0) is 38.1 Å². The minimum atomic E-state index is -4.76. The first-order chi connectivity index (χ1) is 9.89. The Hall–Kier alpha value is -1.47. The Morgan fingerprint density at radius 1 is 1.41 bits per heavy atom. The molecule has 0 bridgehead atoms. The molecular formula is C14H18ClF3N2O2. The molecule has 0 aromatic heterocycles. The van der Waals surface area contributed by atoms with Crippen molar-refractivity contribution in [1.82, 2.24) is 10.2 Å². The summed E-state index contributed by atoms with van der Waals surface area (Å²) in [6.07, 6.45) is -2.91. The fourth-order valence-electron chi connectivity index (χ4n) is 2.41. The summed E-state index contributed by atoms with van der Waals surface area (Å²) in [6, 6.07) is 5.40. The lowest BCUT2D eigenvalue weighted by Crippen LogP contribution is -2.46. The molecule has 0 unspecified atom stereocenters. The third-order valence-electron chi connectivity index (χ3n) is 3.43. The maximum Gasteiger partial charge on any atom is 0.573 e. The van der Waals surface area contributed by atoms with Crippen LogP contribution in [0.15, 0.2) is 24.3 Å². The number of nitrogens with one attached hydrogen (secondary N) is 1. The van der Waals surface area contributed by atoms with Gasteiger partial charge in [0.05, 0.1) is 0 Å². The van der Waals surface area contributed by atoms with E-state index in [1.165, 1.54) is 18.2 Å². The molecule has 0 saturated carbocycles. The van der Waals surface area contributed by atoms with Crippen LogP contribution >= 0.6 is 12.4 Å². The number of hydrogen-bond acceptors (Lipinski definition) is 3. The zero-order chi connectivity index (χ0) is 15.5. The first kappa shape index (κ1) is 18.6. The fourth-order valence-corrected chi connectivity index (χ4v) is 2.41. The molecule has 4 nitrogen and oxygen atoms in total. The maximum atomic E-state index is 12.3. The number of amides is 1. The Balaban J connectivity index is 0.00000242. The third kappa shape index (κ3) is 5.06. The Morgan fingerprint density at radius 2 is 2.14 bits per heavy atom. The van der Waals surface area contributed by atoms with E-state index in [9.17, 15) is 18.0 Å². The third-order valence-corrected chi connectivity index (χ3v) is 3.43. The van der Waals surface area contributed by atoms with E-state index in [1.54, 1.807) is 4.90 Å². The summed E-state index contributed by atoms with van der Waals surface area (Å²) >= 11 is 0. The van der Waals surface area contributed by atoms with Crippen LogP contribution in [0.25, 0.3) is 0 Å². The van der Waals surface area contributed by atoms with Gasteiger partial charge in [-0.15, -0.1) is 25.6 Å². The summed E-state index contributed by atoms with van der Waals surface area (Å²) in [6.45, 7) is 1.17. The van der Waals surface area contributed by atoms with Crippen LogP contribution in [0.3, 0.4) is 0 Å². The number of alkyl halides is 3. The van der Waals surface area contributed by atoms with Crippen molar-refractivity contribution in [1.29, 1.82) is 0 Å². The van der Waals surface area contributed by atoms with Gasteiger partial charge in [0.1, 0.15) is 5.75 Å². The zero-order valence-electron chi connectivity index (χ0n) is 12.0. The number of likely N-dealkylation sites (tertiary alicyclic amines) is 1. The highest BCUT2D eigenvalue weighted by Crippen LogP contribution is 2.24. The number of benzene rings is 1. The first-order valence-electron chi connectivity index (χ1n) is 6.71. The molecule has 0 aliphatic carbocycles. The summed E-state index contributed by atoms with van der Waals surface area (Å²) in [4.78, 5) is 14.0. The van der Waals surface area contributed by atoms with Crippen molar-refractivity contribution in [3.63, 3.8) is 0 Å². The second kappa shape index (κ2) is 7.69. The molecule has 2 rings (SSSR count). The largest absolute Gasteiger partial charge is 0.573 e. The molecule has 1 aromatic rings. The number of carbonyl (C=O) groups excluding carboxylic acids is 1. The molecule has 8 heteroatoms. The molecule has 1 aliphatic rings. The molecule has 1 saturated heterocycles. The van der Waals surface area contributed by atoms with Gasteiger partial charge in [0.2, 0.25) is 0 Å². The average Bonchev–Trinajstić information content (AvgIpc) is 2.45. The quantitative estimate of drug-likeness (QED) is 0.921.